The van der Waals surface area contributed by atoms with Gasteiger partial charge in [-0.05, 0) is 152 Å². The first-order valence-electron chi connectivity index (χ1n) is 27.9. The van der Waals surface area contributed by atoms with Crippen molar-refractivity contribution in [1.29, 1.82) is 0 Å². The van der Waals surface area contributed by atoms with Gasteiger partial charge in [-0.25, -0.2) is 4.79 Å². The van der Waals surface area contributed by atoms with Crippen molar-refractivity contribution in [2.75, 3.05) is 32.9 Å². The quantitative estimate of drug-likeness (QED) is 0.0675. The molecule has 0 radical (unpaired) electrons. The van der Waals surface area contributed by atoms with Crippen LogP contribution in [0.1, 0.15) is 172 Å². The molecule has 5 fully saturated rings. The Hall–Kier alpha value is -3.67. The number of amides is 1. The predicted molar refractivity (Wildman–Crippen MR) is 266 cm³/mol. The van der Waals surface area contributed by atoms with Gasteiger partial charge in [-0.2, -0.15) is 0 Å². The molecule has 15 atom stereocenters. The molecule has 0 unspecified atom stereocenters. The lowest BCUT2D eigenvalue weighted by Gasteiger charge is -2.57. The molecule has 7 N–H and O–H groups in total. The highest BCUT2D eigenvalue weighted by Gasteiger charge is 2.65. The maximum atomic E-state index is 16.1. The van der Waals surface area contributed by atoms with Gasteiger partial charge in [0, 0.05) is 66.6 Å². The molecule has 390 valence electrons. The molecular weight excluding hydrogens is 901 g/mol. The van der Waals surface area contributed by atoms with Gasteiger partial charge >= 0.3 is 11.9 Å². The number of aliphatic hydroxyl groups is 4. The fraction of sp³-hybridized carbons (Fsp3) is 0.776. The van der Waals surface area contributed by atoms with Crippen molar-refractivity contribution in [2.24, 2.45) is 57.7 Å². The van der Waals surface area contributed by atoms with Gasteiger partial charge in [0.05, 0.1) is 30.1 Å². The van der Waals surface area contributed by atoms with Crippen molar-refractivity contribution in [2.45, 2.75) is 190 Å². The van der Waals surface area contributed by atoms with E-state index < -0.39 is 64.6 Å². The Kier molecular flexibility index (Phi) is 14.7. The highest BCUT2D eigenvalue weighted by molar-refractivity contribution is 5.93. The van der Waals surface area contributed by atoms with Gasteiger partial charge in [0.15, 0.2) is 11.5 Å². The first kappa shape index (κ1) is 50.8. The third-order valence-corrected chi connectivity index (χ3v) is 20.5. The summed E-state index contributed by atoms with van der Waals surface area (Å²) in [6, 6.07) is 3.81. The van der Waals surface area contributed by atoms with Gasteiger partial charge in [0.1, 0.15) is 17.7 Å². The Balaban J connectivity index is 1.23. The first-order valence-corrected chi connectivity index (χ1v) is 27.9. The van der Waals surface area contributed by atoms with Crippen LogP contribution in [0.2, 0.25) is 0 Å². The normalized spacial score (nSPS) is 39.1. The fourth-order valence-corrected chi connectivity index (χ4v) is 17.2. The van der Waals surface area contributed by atoms with E-state index in [1.165, 1.54) is 6.92 Å². The van der Waals surface area contributed by atoms with Crippen LogP contribution < -0.4 is 15.4 Å². The highest BCUT2D eigenvalue weighted by atomic mass is 16.6. The van der Waals surface area contributed by atoms with Gasteiger partial charge < -0.3 is 50.4 Å². The number of carbonyl (C=O) groups excluding carboxylic acids is 3. The van der Waals surface area contributed by atoms with Crippen LogP contribution in [0, 0.1) is 69.5 Å². The van der Waals surface area contributed by atoms with Gasteiger partial charge in [-0.3, -0.25) is 9.59 Å². The SMILES string of the molecule is CC(=O)O[C@H]1[C@@H]2/C=C/[C@@H]3CCC[C@@]34C[C@@H]3CCCC[C@@]3(NC4=O)C(=O)O[C@H]2C2(CCNCC2)[C@H]2c3ccc(O)c4c3[C@H](C[C@H]2C#CC[C@@H](C[C@H](C)O)[C@H]1CC[C@H](O)CCCO)[C@@H](C1(CO)CCCC1)CO4. The molecular formula is C58H82N2O11. The van der Waals surface area contributed by atoms with Crippen molar-refractivity contribution < 1.29 is 54.1 Å². The number of benzene rings is 1. The Morgan fingerprint density at radius 3 is 2.51 bits per heavy atom. The van der Waals surface area contributed by atoms with Crippen LogP contribution in [-0.2, 0) is 23.9 Å². The summed E-state index contributed by atoms with van der Waals surface area (Å²) >= 11 is 0. The molecule has 13 heteroatoms. The Morgan fingerprint density at radius 1 is 0.972 bits per heavy atom. The molecule has 3 spiro atoms. The second kappa shape index (κ2) is 20.6. The average Bonchev–Trinajstić information content (AvgIpc) is 4.01. The summed E-state index contributed by atoms with van der Waals surface area (Å²) in [5.41, 5.74) is -1.09. The Labute approximate surface area is 421 Å². The molecule has 0 aromatic heterocycles. The number of hydrogen-bond acceptors (Lipinski definition) is 12. The standard InChI is InChI=1S/C58H82N2O11/c1-35(63)30-37-10-7-11-38-31-45-46(55(34-62)21-5-6-22-55)33-69-51-47(66)20-19-43(48(45)51)49(38)56(25-27-59-28-26-56)52-44(50(70-36(2)64)42(37)18-16-41(65)14-9-29-61)17-15-39-13-8-23-57(39)32-40-12-3-4-24-58(40,54(68)71-52)60-53(57)67/h15,17,19-20,35,37-42,44-46,49-50,52,59,61-63,65-66H,3-6,8-10,12-14,16,18,21-34H2,1-2H3,(H,60,67)/b17-15+/t35-,37-,38+,39-,40-,41+,42+,44-,45+,46-,49+,50+,52+,57+,58-/m0/s1. The van der Waals surface area contributed by atoms with E-state index in [0.29, 0.717) is 96.1 Å². The van der Waals surface area contributed by atoms with Gasteiger partial charge in [-0.15, -0.1) is 5.92 Å². The van der Waals surface area contributed by atoms with E-state index in [2.05, 4.69) is 40.7 Å². The van der Waals surface area contributed by atoms with E-state index in [0.717, 1.165) is 75.3 Å². The van der Waals surface area contributed by atoms with Crippen molar-refractivity contribution >= 4 is 17.8 Å². The summed E-state index contributed by atoms with van der Waals surface area (Å²) in [6.45, 7) is 4.84. The zero-order valence-electron chi connectivity index (χ0n) is 42.4. The zero-order chi connectivity index (χ0) is 49.7. The second-order valence-electron chi connectivity index (χ2n) is 24.2. The maximum absolute atomic E-state index is 16.1. The zero-order valence-corrected chi connectivity index (χ0v) is 42.4. The summed E-state index contributed by atoms with van der Waals surface area (Å²) in [6.07, 6.45) is 15.3. The Morgan fingerprint density at radius 2 is 1.76 bits per heavy atom. The summed E-state index contributed by atoms with van der Waals surface area (Å²) in [7, 11) is 0. The lowest BCUT2D eigenvalue weighted by atomic mass is 9.50. The van der Waals surface area contributed by atoms with E-state index in [9.17, 15) is 35.1 Å². The molecule has 1 aromatic carbocycles. The lowest BCUT2D eigenvalue weighted by Crippen LogP contribution is -2.69. The number of rotatable bonds is 11. The van der Waals surface area contributed by atoms with Gasteiger partial charge in [-0.1, -0.05) is 56.2 Å². The number of ether oxygens (including phenoxy) is 3. The average molecular weight is 983 g/mol. The number of phenolic OH excluding ortho intramolecular Hbond substituents is 1. The topological polar surface area (TPSA) is 204 Å². The largest absolute Gasteiger partial charge is 0.504 e. The van der Waals surface area contributed by atoms with Crippen LogP contribution in [-0.4, -0.2) is 106 Å². The first-order chi connectivity index (χ1) is 34.3. The molecule has 1 aromatic rings. The van der Waals surface area contributed by atoms with Crippen LogP contribution >= 0.6 is 0 Å². The molecule has 5 heterocycles. The number of allylic oxidation sites excluding steroid dienone is 1. The number of esters is 2. The molecule has 2 saturated heterocycles. The molecule has 13 nitrogen and oxygen atoms in total. The minimum Gasteiger partial charge on any atom is -0.504 e. The molecule has 71 heavy (non-hydrogen) atoms. The van der Waals surface area contributed by atoms with Gasteiger partial charge in [0.25, 0.3) is 0 Å². The lowest BCUT2D eigenvalue weighted by molar-refractivity contribution is -0.192. The summed E-state index contributed by atoms with van der Waals surface area (Å²) in [5.74, 6) is 4.88. The molecule has 5 aliphatic carbocycles. The van der Waals surface area contributed by atoms with Crippen LogP contribution in [0.3, 0.4) is 0 Å². The number of piperidine rings is 2. The number of aromatic hydroxyl groups is 1. The third-order valence-electron chi connectivity index (χ3n) is 20.5. The molecule has 11 rings (SSSR count). The molecule has 1 amide bonds. The number of aliphatic hydroxyl groups excluding tert-OH is 4. The van der Waals surface area contributed by atoms with Crippen LogP contribution in [0.25, 0.3) is 0 Å². The van der Waals surface area contributed by atoms with E-state index in [1.807, 2.05) is 0 Å². The molecule has 10 aliphatic rings. The van der Waals surface area contributed by atoms with E-state index in [1.54, 1.807) is 13.0 Å². The minimum absolute atomic E-state index is 0.0168. The van der Waals surface area contributed by atoms with Gasteiger partial charge in [0.2, 0.25) is 5.91 Å². The monoisotopic (exact) mass is 983 g/mol. The summed E-state index contributed by atoms with van der Waals surface area (Å²) < 4.78 is 21.1. The van der Waals surface area contributed by atoms with Crippen LogP contribution in [0.4, 0.5) is 0 Å². The molecule has 5 aliphatic heterocycles. The van der Waals surface area contributed by atoms with Crippen molar-refractivity contribution in [1.82, 2.24) is 10.6 Å². The van der Waals surface area contributed by atoms with E-state index >= 15 is 4.79 Å². The van der Waals surface area contributed by atoms with E-state index in [-0.39, 0.29) is 71.7 Å². The summed E-state index contributed by atoms with van der Waals surface area (Å²) in [5, 5.41) is 62.7. The smallest absolute Gasteiger partial charge is 0.332 e. The van der Waals surface area contributed by atoms with Crippen LogP contribution in [0.15, 0.2) is 24.3 Å². The number of fused-ring (bicyclic) bond motifs is 5. The number of hydrogen-bond donors (Lipinski definition) is 7. The second-order valence-corrected chi connectivity index (χ2v) is 24.2. The highest BCUT2D eigenvalue weighted by Crippen LogP contribution is 2.66. The van der Waals surface area contributed by atoms with Crippen molar-refractivity contribution in [3.63, 3.8) is 0 Å². The number of nitrogens with one attached hydrogen (secondary N) is 2. The van der Waals surface area contributed by atoms with Crippen molar-refractivity contribution in [3.8, 4) is 23.3 Å². The third kappa shape index (κ3) is 8.93. The maximum Gasteiger partial charge on any atom is 0.332 e. The Bertz CT molecular complexity index is 2220. The predicted octanol–water partition coefficient (Wildman–Crippen LogP) is 7.10. The van der Waals surface area contributed by atoms with Crippen molar-refractivity contribution in [3.05, 3.63) is 35.4 Å². The summed E-state index contributed by atoms with van der Waals surface area (Å²) in [4.78, 5) is 45.0. The molecule has 2 bridgehead atoms. The van der Waals surface area contributed by atoms with Crippen LogP contribution in [0.5, 0.6) is 11.5 Å². The minimum atomic E-state index is -1.22. The van der Waals surface area contributed by atoms with E-state index in [4.69, 9.17) is 14.2 Å². The fourth-order valence-electron chi connectivity index (χ4n) is 17.2. The number of carbonyl (C=O) groups is 3. The molecule has 3 saturated carbocycles. The number of phenols is 1.